The van der Waals surface area contributed by atoms with E-state index in [1.165, 1.54) is 4.31 Å². The Balaban J connectivity index is 1.52. The molecule has 6 nitrogen and oxygen atoms in total. The Kier molecular flexibility index (Phi) is 7.26. The number of amides is 1. The van der Waals surface area contributed by atoms with Gasteiger partial charge in [0.25, 0.3) is 0 Å². The van der Waals surface area contributed by atoms with E-state index in [1.54, 1.807) is 31.2 Å². The number of anilines is 1. The van der Waals surface area contributed by atoms with Gasteiger partial charge >= 0.3 is 0 Å². The Morgan fingerprint density at radius 2 is 1.82 bits per heavy atom. The van der Waals surface area contributed by atoms with Crippen LogP contribution in [0.25, 0.3) is 0 Å². The first-order chi connectivity index (χ1) is 16.2. The highest BCUT2D eigenvalue weighted by Gasteiger charge is 2.34. The molecule has 1 aliphatic rings. The largest absolute Gasteiger partial charge is 0.455 e. The van der Waals surface area contributed by atoms with Crippen LogP contribution in [0.1, 0.15) is 24.0 Å². The van der Waals surface area contributed by atoms with Gasteiger partial charge in [-0.3, -0.25) is 4.79 Å². The van der Waals surface area contributed by atoms with Crippen LogP contribution in [0.15, 0.2) is 71.6 Å². The zero-order valence-electron chi connectivity index (χ0n) is 19.1. The molecule has 3 aromatic rings. The van der Waals surface area contributed by atoms with Crippen LogP contribution in [0.3, 0.4) is 0 Å². The number of aryl methyl sites for hydroxylation is 2. The minimum atomic E-state index is -3.70. The summed E-state index contributed by atoms with van der Waals surface area (Å²) in [6.45, 7) is 4.16. The molecule has 1 fully saturated rings. The number of rotatable bonds is 6. The standard InChI is InChI=1S/C26H27ClN2O4S/c1-18-10-11-19(2)25(15-18)34(31,32)29-14-6-7-20(17-29)26(30)28-23-16-21(27)12-13-24(23)33-22-8-4-3-5-9-22/h3-5,8-13,15-16,20H,6-7,14,17H2,1-2H3,(H,28,30)/t20-/m1/s1. The normalized spacial score (nSPS) is 16.7. The molecular formula is C26H27ClN2O4S. The van der Waals surface area contributed by atoms with Crippen LogP contribution in [0.5, 0.6) is 11.5 Å². The molecule has 34 heavy (non-hydrogen) atoms. The molecule has 0 aromatic heterocycles. The third kappa shape index (κ3) is 5.43. The molecule has 1 amide bonds. The highest BCUT2D eigenvalue weighted by molar-refractivity contribution is 7.89. The molecule has 8 heteroatoms. The first-order valence-corrected chi connectivity index (χ1v) is 13.0. The van der Waals surface area contributed by atoms with Gasteiger partial charge < -0.3 is 10.1 Å². The number of ether oxygens (including phenoxy) is 1. The molecule has 0 bridgehead atoms. The molecule has 1 N–H and O–H groups in total. The van der Waals surface area contributed by atoms with Crippen molar-refractivity contribution in [3.05, 3.63) is 82.9 Å². The molecule has 1 aliphatic heterocycles. The topological polar surface area (TPSA) is 75.7 Å². The molecule has 0 spiro atoms. The fraction of sp³-hybridized carbons (Fsp3) is 0.269. The first kappa shape index (κ1) is 24.3. The van der Waals surface area contributed by atoms with Crippen LogP contribution >= 0.6 is 11.6 Å². The zero-order valence-corrected chi connectivity index (χ0v) is 20.7. The Hall–Kier alpha value is -2.87. The number of halogens is 1. The van der Waals surface area contributed by atoms with E-state index in [-0.39, 0.29) is 12.5 Å². The molecule has 1 saturated heterocycles. The number of piperidine rings is 1. The number of carbonyl (C=O) groups excluding carboxylic acids is 1. The van der Waals surface area contributed by atoms with Gasteiger partial charge in [-0.05, 0) is 74.2 Å². The lowest BCUT2D eigenvalue weighted by Crippen LogP contribution is -2.43. The van der Waals surface area contributed by atoms with E-state index in [0.717, 1.165) is 5.56 Å². The van der Waals surface area contributed by atoms with Crippen LogP contribution in [-0.2, 0) is 14.8 Å². The smallest absolute Gasteiger partial charge is 0.243 e. The van der Waals surface area contributed by atoms with Crippen molar-refractivity contribution in [3.8, 4) is 11.5 Å². The van der Waals surface area contributed by atoms with E-state index in [4.69, 9.17) is 16.3 Å². The van der Waals surface area contributed by atoms with Crippen molar-refractivity contribution < 1.29 is 17.9 Å². The van der Waals surface area contributed by atoms with Crippen LogP contribution in [-0.4, -0.2) is 31.7 Å². The number of benzene rings is 3. The summed E-state index contributed by atoms with van der Waals surface area (Å²) < 4.78 is 34.0. The first-order valence-electron chi connectivity index (χ1n) is 11.1. The lowest BCUT2D eigenvalue weighted by Gasteiger charge is -2.31. The molecule has 178 valence electrons. The Morgan fingerprint density at radius 1 is 1.06 bits per heavy atom. The van der Waals surface area contributed by atoms with Gasteiger partial charge in [-0.2, -0.15) is 4.31 Å². The fourth-order valence-electron chi connectivity index (χ4n) is 4.04. The van der Waals surface area contributed by atoms with Gasteiger partial charge in [0, 0.05) is 18.1 Å². The van der Waals surface area contributed by atoms with Crippen molar-refractivity contribution in [3.63, 3.8) is 0 Å². The van der Waals surface area contributed by atoms with Gasteiger partial charge in [-0.15, -0.1) is 0 Å². The maximum absolute atomic E-state index is 13.3. The molecule has 0 unspecified atom stereocenters. The van der Waals surface area contributed by atoms with Crippen LogP contribution in [0.2, 0.25) is 5.02 Å². The molecule has 4 rings (SSSR count). The van der Waals surface area contributed by atoms with Gasteiger partial charge in [0.05, 0.1) is 16.5 Å². The number of hydrogen-bond acceptors (Lipinski definition) is 4. The number of carbonyl (C=O) groups is 1. The van der Waals surface area contributed by atoms with Gasteiger partial charge in [-0.25, -0.2) is 8.42 Å². The van der Waals surface area contributed by atoms with E-state index in [2.05, 4.69) is 5.32 Å². The number of hydrogen-bond donors (Lipinski definition) is 1. The zero-order chi connectivity index (χ0) is 24.3. The lowest BCUT2D eigenvalue weighted by molar-refractivity contribution is -0.120. The highest BCUT2D eigenvalue weighted by atomic mass is 35.5. The molecule has 0 aliphatic carbocycles. The van der Waals surface area contributed by atoms with Gasteiger partial charge in [0.1, 0.15) is 5.75 Å². The van der Waals surface area contributed by atoms with Gasteiger partial charge in [-0.1, -0.05) is 41.9 Å². The van der Waals surface area contributed by atoms with Crippen LogP contribution < -0.4 is 10.1 Å². The Labute approximate surface area is 205 Å². The molecule has 1 atom stereocenters. The summed E-state index contributed by atoms with van der Waals surface area (Å²) in [4.78, 5) is 13.5. The molecular weight excluding hydrogens is 472 g/mol. The minimum absolute atomic E-state index is 0.122. The summed E-state index contributed by atoms with van der Waals surface area (Å²) in [5, 5.41) is 3.36. The number of para-hydroxylation sites is 1. The minimum Gasteiger partial charge on any atom is -0.455 e. The average Bonchev–Trinajstić information content (AvgIpc) is 2.83. The van der Waals surface area contributed by atoms with E-state index in [1.807, 2.05) is 49.4 Å². The van der Waals surface area contributed by atoms with Crippen molar-refractivity contribution in [2.24, 2.45) is 5.92 Å². The summed E-state index contributed by atoms with van der Waals surface area (Å²) in [6, 6.07) is 19.6. The summed E-state index contributed by atoms with van der Waals surface area (Å²) in [5.41, 5.74) is 2.01. The van der Waals surface area contributed by atoms with E-state index in [9.17, 15) is 13.2 Å². The van der Waals surface area contributed by atoms with Crippen LogP contribution in [0.4, 0.5) is 5.69 Å². The SMILES string of the molecule is Cc1ccc(C)c(S(=O)(=O)N2CCC[C@@H](C(=O)Nc3cc(Cl)ccc3Oc3ccccc3)C2)c1. The molecule has 0 radical (unpaired) electrons. The number of nitrogens with one attached hydrogen (secondary N) is 1. The van der Waals surface area contributed by atoms with Crippen molar-refractivity contribution >= 4 is 33.2 Å². The highest BCUT2D eigenvalue weighted by Crippen LogP contribution is 2.33. The summed E-state index contributed by atoms with van der Waals surface area (Å²) >= 11 is 6.17. The average molecular weight is 499 g/mol. The van der Waals surface area contributed by atoms with E-state index >= 15 is 0 Å². The summed E-state index contributed by atoms with van der Waals surface area (Å²) in [5.74, 6) is 0.335. The van der Waals surface area contributed by atoms with Crippen molar-refractivity contribution in [2.75, 3.05) is 18.4 Å². The van der Waals surface area contributed by atoms with Crippen molar-refractivity contribution in [2.45, 2.75) is 31.6 Å². The monoisotopic (exact) mass is 498 g/mol. The van der Waals surface area contributed by atoms with Gasteiger partial charge in [0.2, 0.25) is 15.9 Å². The van der Waals surface area contributed by atoms with Gasteiger partial charge in [0.15, 0.2) is 5.75 Å². The van der Waals surface area contributed by atoms with Crippen LogP contribution in [0, 0.1) is 19.8 Å². The lowest BCUT2D eigenvalue weighted by atomic mass is 9.98. The third-order valence-corrected chi connectivity index (χ3v) is 8.13. The maximum atomic E-state index is 13.3. The molecule has 3 aromatic carbocycles. The Bertz CT molecular complexity index is 1300. The Morgan fingerprint density at radius 3 is 2.59 bits per heavy atom. The summed E-state index contributed by atoms with van der Waals surface area (Å²) in [6.07, 6.45) is 1.20. The molecule has 1 heterocycles. The predicted molar refractivity (Wildman–Crippen MR) is 134 cm³/mol. The number of sulfonamides is 1. The summed E-state index contributed by atoms with van der Waals surface area (Å²) in [7, 11) is -3.70. The second-order valence-corrected chi connectivity index (χ2v) is 10.9. The second kappa shape index (κ2) is 10.2. The quantitative estimate of drug-likeness (QED) is 0.466. The fourth-order valence-corrected chi connectivity index (χ4v) is 6.04. The maximum Gasteiger partial charge on any atom is 0.243 e. The van der Waals surface area contributed by atoms with E-state index < -0.39 is 15.9 Å². The van der Waals surface area contributed by atoms with Crippen molar-refractivity contribution in [1.82, 2.24) is 4.31 Å². The third-order valence-electron chi connectivity index (χ3n) is 5.89. The van der Waals surface area contributed by atoms with Crippen molar-refractivity contribution in [1.29, 1.82) is 0 Å². The number of nitrogens with zero attached hydrogens (tertiary/aromatic N) is 1. The van der Waals surface area contributed by atoms with E-state index in [0.29, 0.717) is 52.1 Å². The molecule has 0 saturated carbocycles. The second-order valence-electron chi connectivity index (χ2n) is 8.52. The predicted octanol–water partition coefficient (Wildman–Crippen LogP) is 5.79.